The van der Waals surface area contributed by atoms with Crippen molar-refractivity contribution >= 4 is 17.5 Å². The Bertz CT molecular complexity index is 1070. The van der Waals surface area contributed by atoms with E-state index in [4.69, 9.17) is 19.4 Å². The van der Waals surface area contributed by atoms with E-state index in [1.54, 1.807) is 6.92 Å². The van der Waals surface area contributed by atoms with E-state index < -0.39 is 11.6 Å². The van der Waals surface area contributed by atoms with Gasteiger partial charge in [-0.05, 0) is 18.6 Å². The summed E-state index contributed by atoms with van der Waals surface area (Å²) in [6, 6.07) is 3.57. The van der Waals surface area contributed by atoms with Gasteiger partial charge in [0, 0.05) is 71.5 Å². The molecule has 0 saturated carbocycles. The SMILES string of the molecule is CC(=O)N1CCc2nc(N[C@@H]3CCOC3)c(N3CCC(Oc4ccc(F)cc4F)CC3)nc2CC1. The zero-order valence-corrected chi connectivity index (χ0v) is 19.9. The van der Waals surface area contributed by atoms with Gasteiger partial charge in [-0.15, -0.1) is 0 Å². The zero-order valence-electron chi connectivity index (χ0n) is 19.9. The number of piperidine rings is 1. The van der Waals surface area contributed by atoms with E-state index in [1.807, 2.05) is 4.90 Å². The molecule has 3 aliphatic heterocycles. The minimum Gasteiger partial charge on any atom is -0.487 e. The number of ether oxygens (including phenoxy) is 2. The van der Waals surface area contributed by atoms with Crippen molar-refractivity contribution in [2.24, 2.45) is 0 Å². The summed E-state index contributed by atoms with van der Waals surface area (Å²) in [7, 11) is 0. The molecule has 0 aliphatic carbocycles. The summed E-state index contributed by atoms with van der Waals surface area (Å²) >= 11 is 0. The number of carbonyl (C=O) groups is 1. The Morgan fingerprint density at radius 3 is 2.49 bits per heavy atom. The number of rotatable bonds is 5. The molecule has 1 N–H and O–H groups in total. The van der Waals surface area contributed by atoms with Crippen molar-refractivity contribution in [1.29, 1.82) is 0 Å². The number of halogens is 2. The Balaban J connectivity index is 1.33. The number of fused-ring (bicyclic) bond motifs is 1. The molecule has 35 heavy (non-hydrogen) atoms. The smallest absolute Gasteiger partial charge is 0.219 e. The monoisotopic (exact) mass is 487 g/mol. The Labute approximate surface area is 203 Å². The molecule has 3 aliphatic rings. The Hall–Kier alpha value is -3.01. The van der Waals surface area contributed by atoms with Crippen molar-refractivity contribution in [3.8, 4) is 5.75 Å². The van der Waals surface area contributed by atoms with E-state index in [0.29, 0.717) is 58.5 Å². The standard InChI is InChI=1S/C25H31F2N5O3/c1-16(33)31-11-6-21-22(7-12-31)30-25(24(29-21)28-18-8-13-34-15-18)32-9-4-19(5-10-32)35-23-3-2-17(26)14-20(23)27/h2-3,14,18-19H,4-13,15H2,1H3,(H,28,29)/t18-/m1/s1. The number of benzene rings is 1. The number of hydrogen-bond acceptors (Lipinski definition) is 7. The molecule has 8 nitrogen and oxygen atoms in total. The van der Waals surface area contributed by atoms with Gasteiger partial charge in [-0.1, -0.05) is 0 Å². The molecule has 2 aromatic rings. The van der Waals surface area contributed by atoms with Gasteiger partial charge in [-0.3, -0.25) is 4.79 Å². The largest absolute Gasteiger partial charge is 0.487 e. The van der Waals surface area contributed by atoms with Crippen molar-refractivity contribution in [3.05, 3.63) is 41.2 Å². The first-order valence-electron chi connectivity index (χ1n) is 12.3. The lowest BCUT2D eigenvalue weighted by atomic mass is 10.1. The lowest BCUT2D eigenvalue weighted by molar-refractivity contribution is -0.128. The van der Waals surface area contributed by atoms with E-state index >= 15 is 0 Å². The molecule has 1 aromatic carbocycles. The maximum atomic E-state index is 14.0. The van der Waals surface area contributed by atoms with Crippen LogP contribution >= 0.6 is 0 Å². The lowest BCUT2D eigenvalue weighted by Gasteiger charge is -2.34. The second kappa shape index (κ2) is 10.3. The minimum atomic E-state index is -0.686. The molecule has 2 fully saturated rings. The molecule has 2 saturated heterocycles. The number of amides is 1. The topological polar surface area (TPSA) is 79.8 Å². The van der Waals surface area contributed by atoms with Crippen LogP contribution in [0, 0.1) is 11.6 Å². The van der Waals surface area contributed by atoms with E-state index in [-0.39, 0.29) is 23.8 Å². The van der Waals surface area contributed by atoms with Gasteiger partial charge in [-0.25, -0.2) is 18.7 Å². The molecule has 0 bridgehead atoms. The van der Waals surface area contributed by atoms with Gasteiger partial charge < -0.3 is 24.6 Å². The first-order valence-corrected chi connectivity index (χ1v) is 12.3. The van der Waals surface area contributed by atoms with Crippen LogP contribution in [0.5, 0.6) is 5.75 Å². The van der Waals surface area contributed by atoms with Crippen LogP contribution in [-0.4, -0.2) is 72.3 Å². The fourth-order valence-corrected chi connectivity index (χ4v) is 4.90. The predicted molar refractivity (Wildman–Crippen MR) is 127 cm³/mol. The number of aromatic nitrogens is 2. The normalized spacial score (nSPS) is 20.9. The molecule has 0 spiro atoms. The quantitative estimate of drug-likeness (QED) is 0.695. The van der Waals surface area contributed by atoms with Crippen LogP contribution in [0.3, 0.4) is 0 Å². The average molecular weight is 488 g/mol. The molecule has 1 amide bonds. The number of hydrogen-bond donors (Lipinski definition) is 1. The van der Waals surface area contributed by atoms with Crippen molar-refractivity contribution in [2.45, 2.75) is 51.2 Å². The third-order valence-corrected chi connectivity index (χ3v) is 6.91. The molecule has 1 atom stereocenters. The maximum Gasteiger partial charge on any atom is 0.219 e. The van der Waals surface area contributed by atoms with Crippen LogP contribution in [0.1, 0.15) is 37.6 Å². The van der Waals surface area contributed by atoms with Gasteiger partial charge in [0.25, 0.3) is 0 Å². The summed E-state index contributed by atoms with van der Waals surface area (Å²) in [4.78, 5) is 26.0. The van der Waals surface area contributed by atoms with Crippen molar-refractivity contribution < 1.29 is 23.0 Å². The van der Waals surface area contributed by atoms with Gasteiger partial charge >= 0.3 is 0 Å². The third kappa shape index (κ3) is 5.47. The fraction of sp³-hybridized carbons (Fsp3) is 0.560. The van der Waals surface area contributed by atoms with Crippen LogP contribution in [0.2, 0.25) is 0 Å². The Morgan fingerprint density at radius 1 is 1.09 bits per heavy atom. The molecule has 10 heteroatoms. The summed E-state index contributed by atoms with van der Waals surface area (Å²) in [5.74, 6) is 0.393. The molecule has 0 radical (unpaired) electrons. The highest BCUT2D eigenvalue weighted by Gasteiger charge is 2.28. The summed E-state index contributed by atoms with van der Waals surface area (Å²) in [5, 5.41) is 3.54. The van der Waals surface area contributed by atoms with Crippen molar-refractivity contribution in [1.82, 2.24) is 14.9 Å². The van der Waals surface area contributed by atoms with Gasteiger partial charge in [-0.2, -0.15) is 0 Å². The average Bonchev–Trinajstić information content (AvgIpc) is 3.26. The first-order chi connectivity index (χ1) is 17.0. The van der Waals surface area contributed by atoms with Crippen LogP contribution in [0.4, 0.5) is 20.4 Å². The molecule has 188 valence electrons. The molecular formula is C25H31F2N5O3. The van der Waals surface area contributed by atoms with Gasteiger partial charge in [0.2, 0.25) is 5.91 Å². The molecule has 5 rings (SSSR count). The zero-order chi connectivity index (χ0) is 24.4. The number of carbonyl (C=O) groups excluding carboxylic acids is 1. The Morgan fingerprint density at radius 2 is 1.83 bits per heavy atom. The van der Waals surface area contributed by atoms with Crippen LogP contribution in [0.15, 0.2) is 18.2 Å². The number of nitrogens with one attached hydrogen (secondary N) is 1. The molecule has 4 heterocycles. The Kier molecular flexibility index (Phi) is 6.99. The van der Waals surface area contributed by atoms with Crippen molar-refractivity contribution in [3.63, 3.8) is 0 Å². The third-order valence-electron chi connectivity index (χ3n) is 6.91. The summed E-state index contributed by atoms with van der Waals surface area (Å²) < 4.78 is 38.6. The highest BCUT2D eigenvalue weighted by molar-refractivity contribution is 5.73. The summed E-state index contributed by atoms with van der Waals surface area (Å²) in [6.45, 7) is 5.59. The van der Waals surface area contributed by atoms with Crippen molar-refractivity contribution in [2.75, 3.05) is 49.6 Å². The van der Waals surface area contributed by atoms with Crippen LogP contribution in [-0.2, 0) is 22.4 Å². The van der Waals surface area contributed by atoms with E-state index in [1.165, 1.54) is 12.1 Å². The number of anilines is 2. The van der Waals surface area contributed by atoms with Gasteiger partial charge in [0.1, 0.15) is 11.9 Å². The fourth-order valence-electron chi connectivity index (χ4n) is 4.90. The summed E-state index contributed by atoms with van der Waals surface area (Å²) in [6.07, 6.45) is 3.46. The van der Waals surface area contributed by atoms with E-state index in [2.05, 4.69) is 10.2 Å². The van der Waals surface area contributed by atoms with E-state index in [9.17, 15) is 13.6 Å². The second-order valence-electron chi connectivity index (χ2n) is 9.38. The lowest BCUT2D eigenvalue weighted by Crippen LogP contribution is -2.40. The molecular weight excluding hydrogens is 456 g/mol. The highest BCUT2D eigenvalue weighted by atomic mass is 19.1. The van der Waals surface area contributed by atoms with Crippen LogP contribution in [0.25, 0.3) is 0 Å². The molecule has 0 unspecified atom stereocenters. The van der Waals surface area contributed by atoms with Crippen LogP contribution < -0.4 is 15.0 Å². The van der Waals surface area contributed by atoms with Gasteiger partial charge in [0.05, 0.1) is 24.0 Å². The maximum absolute atomic E-state index is 14.0. The molecule has 1 aromatic heterocycles. The van der Waals surface area contributed by atoms with Gasteiger partial charge in [0.15, 0.2) is 23.2 Å². The highest BCUT2D eigenvalue weighted by Crippen LogP contribution is 2.30. The summed E-state index contributed by atoms with van der Waals surface area (Å²) in [5.41, 5.74) is 1.87. The predicted octanol–water partition coefficient (Wildman–Crippen LogP) is 2.95. The first kappa shape index (κ1) is 23.7. The number of nitrogens with zero attached hydrogens (tertiary/aromatic N) is 4. The minimum absolute atomic E-state index is 0.0687. The van der Waals surface area contributed by atoms with E-state index in [0.717, 1.165) is 42.1 Å². The second-order valence-corrected chi connectivity index (χ2v) is 9.38.